The number of aliphatic hydroxyl groups is 2. The third-order valence-electron chi connectivity index (χ3n) is 0. The first-order chi connectivity index (χ1) is 7.46. The summed E-state index contributed by atoms with van der Waals surface area (Å²) in [6, 6.07) is 0. The maximum Gasteiger partial charge on any atom is 0.261 e. The second-order valence-electron chi connectivity index (χ2n) is 3.65. The summed E-state index contributed by atoms with van der Waals surface area (Å²) >= 11 is 0. The van der Waals surface area contributed by atoms with Gasteiger partial charge in [-0.15, -0.1) is 0 Å². The molecular weight excluding hydrogens is 336 g/mol. The van der Waals surface area contributed by atoms with Crippen LogP contribution in [0.5, 0.6) is 0 Å². The van der Waals surface area contributed by atoms with Gasteiger partial charge in [0, 0.05) is 33.9 Å². The summed E-state index contributed by atoms with van der Waals surface area (Å²) < 4.78 is 51.7. The minimum Gasteiger partial charge on any atom is -0.394 e. The molecule has 0 saturated heterocycles. The second kappa shape index (κ2) is 16.5. The number of hydrogen-bond donors (Lipinski definition) is 4. The SMILES string of the molecule is CC(C)O.CC(C)O.CS(=O)(=O)O.CS(=O)(=O)O.[Ti]. The van der Waals surface area contributed by atoms with E-state index in [1.165, 1.54) is 0 Å². The van der Waals surface area contributed by atoms with Crippen molar-refractivity contribution in [3.8, 4) is 0 Å². The predicted octanol–water partition coefficient (Wildman–Crippen LogP) is -0.220. The van der Waals surface area contributed by atoms with Crippen LogP contribution in [0, 0.1) is 0 Å². The van der Waals surface area contributed by atoms with Gasteiger partial charge in [-0.1, -0.05) is 0 Å². The van der Waals surface area contributed by atoms with Gasteiger partial charge in [0.2, 0.25) is 0 Å². The summed E-state index contributed by atoms with van der Waals surface area (Å²) in [6.45, 7) is 6.89. The van der Waals surface area contributed by atoms with Crippen LogP contribution in [0.4, 0.5) is 0 Å². The van der Waals surface area contributed by atoms with Crippen molar-refractivity contribution in [2.75, 3.05) is 12.5 Å². The summed E-state index contributed by atoms with van der Waals surface area (Å²) in [7, 11) is -7.33. The van der Waals surface area contributed by atoms with Crippen molar-refractivity contribution in [3.05, 3.63) is 0 Å². The number of aliphatic hydroxyl groups excluding tert-OH is 2. The third-order valence-corrected chi connectivity index (χ3v) is 0. The van der Waals surface area contributed by atoms with Gasteiger partial charge in [0.15, 0.2) is 0 Å². The third kappa shape index (κ3) is 24200. The predicted molar refractivity (Wildman–Crippen MR) is 69.7 cm³/mol. The van der Waals surface area contributed by atoms with Gasteiger partial charge in [-0.3, -0.25) is 9.11 Å². The summed E-state index contributed by atoms with van der Waals surface area (Å²) in [5, 5.41) is 16.1. The fraction of sp³-hybridized carbons (Fsp3) is 1.00. The Hall–Kier alpha value is 0.454. The van der Waals surface area contributed by atoms with E-state index in [2.05, 4.69) is 0 Å². The summed E-state index contributed by atoms with van der Waals surface area (Å²) in [5.41, 5.74) is 0. The molecular formula is C8H24O8S2Ti. The Labute approximate surface area is 130 Å². The molecule has 0 aromatic rings. The maximum absolute atomic E-state index is 9.19. The molecule has 0 aromatic heterocycles. The zero-order chi connectivity index (χ0) is 16.2. The van der Waals surface area contributed by atoms with Crippen LogP contribution in [0.1, 0.15) is 27.7 Å². The van der Waals surface area contributed by atoms with E-state index < -0.39 is 20.2 Å². The van der Waals surface area contributed by atoms with Crippen molar-refractivity contribution in [3.63, 3.8) is 0 Å². The minimum atomic E-state index is -3.67. The van der Waals surface area contributed by atoms with Crippen LogP contribution in [0.3, 0.4) is 0 Å². The molecule has 0 bridgehead atoms. The quantitative estimate of drug-likeness (QED) is 0.342. The first kappa shape index (κ1) is 31.7. The zero-order valence-electron chi connectivity index (χ0n) is 11.9. The normalized spacial score (nSPS) is 9.89. The van der Waals surface area contributed by atoms with Gasteiger partial charge < -0.3 is 10.2 Å². The topological polar surface area (TPSA) is 149 Å². The molecule has 4 N–H and O–H groups in total. The van der Waals surface area contributed by atoms with Crippen molar-refractivity contribution in [2.45, 2.75) is 39.9 Å². The van der Waals surface area contributed by atoms with E-state index in [0.717, 1.165) is 0 Å². The molecule has 0 unspecified atom stereocenters. The van der Waals surface area contributed by atoms with E-state index in [1.807, 2.05) is 0 Å². The van der Waals surface area contributed by atoms with Gasteiger partial charge in [-0.05, 0) is 27.7 Å². The molecule has 11 heteroatoms. The average molecular weight is 360 g/mol. The fourth-order valence-corrected chi connectivity index (χ4v) is 0. The van der Waals surface area contributed by atoms with E-state index >= 15 is 0 Å². The van der Waals surface area contributed by atoms with Gasteiger partial charge in [-0.2, -0.15) is 16.8 Å². The van der Waals surface area contributed by atoms with Crippen LogP contribution in [0.15, 0.2) is 0 Å². The Morgan fingerprint density at radius 1 is 0.684 bits per heavy atom. The van der Waals surface area contributed by atoms with Crippen molar-refractivity contribution < 1.29 is 57.9 Å². The standard InChI is InChI=1S/2C3H8O.2CH4O3S.Ti/c2*1-3(2)4;2*1-5(2,3)4;/h2*3-4H,1-2H3;2*1H3,(H,2,3,4);. The second-order valence-corrected chi connectivity index (χ2v) is 6.59. The van der Waals surface area contributed by atoms with Crippen LogP contribution in [-0.2, 0) is 42.0 Å². The Morgan fingerprint density at radius 2 is 0.684 bits per heavy atom. The number of hydrogen-bond acceptors (Lipinski definition) is 6. The average Bonchev–Trinajstić information content (AvgIpc) is 1.70. The molecule has 0 spiro atoms. The van der Waals surface area contributed by atoms with Gasteiger partial charge in [0.1, 0.15) is 0 Å². The van der Waals surface area contributed by atoms with Crippen LogP contribution >= 0.6 is 0 Å². The van der Waals surface area contributed by atoms with Crippen molar-refractivity contribution in [1.82, 2.24) is 0 Å². The zero-order valence-corrected chi connectivity index (χ0v) is 15.1. The van der Waals surface area contributed by atoms with Crippen molar-refractivity contribution >= 4 is 20.2 Å². The Morgan fingerprint density at radius 3 is 0.684 bits per heavy atom. The smallest absolute Gasteiger partial charge is 0.261 e. The Bertz CT molecular complexity index is 289. The molecule has 0 aliphatic rings. The summed E-state index contributed by atoms with van der Waals surface area (Å²) in [6.07, 6.45) is 1.10. The van der Waals surface area contributed by atoms with Gasteiger partial charge in [0.25, 0.3) is 20.2 Å². The molecule has 0 amide bonds. The molecule has 0 rings (SSSR count). The number of rotatable bonds is 0. The van der Waals surface area contributed by atoms with Crippen LogP contribution in [0.25, 0.3) is 0 Å². The molecule has 0 fully saturated rings. The molecule has 0 aliphatic heterocycles. The van der Waals surface area contributed by atoms with Gasteiger partial charge in [0.05, 0.1) is 12.5 Å². The van der Waals surface area contributed by atoms with Crippen LogP contribution in [-0.4, -0.2) is 60.9 Å². The van der Waals surface area contributed by atoms with E-state index in [9.17, 15) is 16.8 Å². The first-order valence-electron chi connectivity index (χ1n) is 4.67. The van der Waals surface area contributed by atoms with E-state index in [-0.39, 0.29) is 33.9 Å². The van der Waals surface area contributed by atoms with Crippen LogP contribution in [0.2, 0.25) is 0 Å². The monoisotopic (exact) mass is 360 g/mol. The Balaban J connectivity index is -0.0000000453. The molecule has 8 nitrogen and oxygen atoms in total. The van der Waals surface area contributed by atoms with Crippen molar-refractivity contribution in [1.29, 1.82) is 0 Å². The summed E-state index contributed by atoms with van der Waals surface area (Å²) in [5.74, 6) is 0. The van der Waals surface area contributed by atoms with Gasteiger partial charge in [-0.25, -0.2) is 0 Å². The molecule has 19 heavy (non-hydrogen) atoms. The molecule has 0 radical (unpaired) electrons. The maximum atomic E-state index is 9.19. The Kier molecular flexibility index (Phi) is 27.6. The fourth-order valence-electron chi connectivity index (χ4n) is 0. The molecule has 0 heterocycles. The van der Waals surface area contributed by atoms with Gasteiger partial charge >= 0.3 is 0 Å². The summed E-state index contributed by atoms with van der Waals surface area (Å²) in [4.78, 5) is 0. The van der Waals surface area contributed by atoms with E-state index in [0.29, 0.717) is 12.5 Å². The van der Waals surface area contributed by atoms with Crippen LogP contribution < -0.4 is 0 Å². The molecule has 120 valence electrons. The molecule has 0 atom stereocenters. The largest absolute Gasteiger partial charge is 0.394 e. The minimum absolute atomic E-state index is 0. The molecule has 0 saturated carbocycles. The van der Waals surface area contributed by atoms with Crippen molar-refractivity contribution in [2.24, 2.45) is 0 Å². The molecule has 0 aromatic carbocycles. The first-order valence-corrected chi connectivity index (χ1v) is 8.37. The van der Waals surface area contributed by atoms with E-state index in [4.69, 9.17) is 19.3 Å². The van der Waals surface area contributed by atoms with E-state index in [1.54, 1.807) is 27.7 Å². The molecule has 0 aliphatic carbocycles.